The summed E-state index contributed by atoms with van der Waals surface area (Å²) >= 11 is 1.77. The molecule has 1 unspecified atom stereocenters. The number of halogens is 1. The van der Waals surface area contributed by atoms with E-state index in [2.05, 4.69) is 23.3 Å². The third-order valence-corrected chi connectivity index (χ3v) is 4.91. The van der Waals surface area contributed by atoms with Gasteiger partial charge in [0.15, 0.2) is 5.96 Å². The molecule has 0 aliphatic heterocycles. The molecule has 0 bridgehead atoms. The molecule has 142 valence electrons. The molecule has 3 N–H and O–H groups in total. The highest BCUT2D eigenvalue weighted by atomic mass is 127. The first kappa shape index (κ1) is 22.4. The molecule has 2 aromatic rings. The number of nitrogens with one attached hydrogen (secondary N) is 1. The molecule has 2 aromatic carbocycles. The molecular weight excluding hydrogens is 461 g/mol. The number of nitrogens with zero attached hydrogens (tertiary/aromatic N) is 1. The van der Waals surface area contributed by atoms with Crippen molar-refractivity contribution < 1.29 is 9.47 Å². The Bertz CT molecular complexity index is 695. The normalized spacial score (nSPS) is 12.0. The Balaban J connectivity index is 0.00000338. The maximum absolute atomic E-state index is 5.96. The molecule has 0 saturated heterocycles. The van der Waals surface area contributed by atoms with Crippen molar-refractivity contribution in [2.75, 3.05) is 31.8 Å². The quantitative estimate of drug-likeness (QED) is 0.249. The molecule has 0 saturated carbocycles. The van der Waals surface area contributed by atoms with Gasteiger partial charge in [-0.3, -0.25) is 4.99 Å². The van der Waals surface area contributed by atoms with Gasteiger partial charge < -0.3 is 20.5 Å². The fourth-order valence-corrected chi connectivity index (χ4v) is 3.18. The first-order valence-electron chi connectivity index (χ1n) is 8.09. The molecule has 0 heterocycles. The van der Waals surface area contributed by atoms with Crippen LogP contribution in [0.5, 0.6) is 11.5 Å². The van der Waals surface area contributed by atoms with E-state index in [0.29, 0.717) is 18.4 Å². The lowest BCUT2D eigenvalue weighted by Gasteiger charge is -2.12. The van der Waals surface area contributed by atoms with Gasteiger partial charge in [0.25, 0.3) is 0 Å². The Morgan fingerprint density at radius 3 is 2.46 bits per heavy atom. The van der Waals surface area contributed by atoms with Crippen molar-refractivity contribution >= 4 is 47.4 Å². The summed E-state index contributed by atoms with van der Waals surface area (Å²) < 4.78 is 10.5. The molecular formula is C19H26IN3O2S. The average Bonchev–Trinajstić information content (AvgIpc) is 2.65. The van der Waals surface area contributed by atoms with Crippen LogP contribution in [0.15, 0.2) is 58.4 Å². The predicted octanol–water partition coefficient (Wildman–Crippen LogP) is 4.48. The van der Waals surface area contributed by atoms with E-state index in [4.69, 9.17) is 15.2 Å². The van der Waals surface area contributed by atoms with Gasteiger partial charge in [-0.1, -0.05) is 19.1 Å². The van der Waals surface area contributed by atoms with Crippen LogP contribution >= 0.6 is 35.7 Å². The van der Waals surface area contributed by atoms with E-state index in [-0.39, 0.29) is 24.0 Å². The van der Waals surface area contributed by atoms with Gasteiger partial charge >= 0.3 is 0 Å². The van der Waals surface area contributed by atoms with Crippen molar-refractivity contribution in [1.29, 1.82) is 0 Å². The summed E-state index contributed by atoms with van der Waals surface area (Å²) in [5.74, 6) is 3.47. The number of anilines is 1. The topological polar surface area (TPSA) is 68.9 Å². The molecule has 5 nitrogen and oxygen atoms in total. The Morgan fingerprint density at radius 1 is 1.12 bits per heavy atom. The Labute approximate surface area is 176 Å². The van der Waals surface area contributed by atoms with Gasteiger partial charge in [-0.2, -0.15) is 0 Å². The zero-order valence-electron chi connectivity index (χ0n) is 15.3. The van der Waals surface area contributed by atoms with Crippen LogP contribution in [0.4, 0.5) is 5.69 Å². The van der Waals surface area contributed by atoms with Crippen LogP contribution in [0, 0.1) is 5.92 Å². The number of hydrogen-bond donors (Lipinski definition) is 2. The van der Waals surface area contributed by atoms with Crippen LogP contribution in [0.3, 0.4) is 0 Å². The zero-order chi connectivity index (χ0) is 18.1. The number of para-hydroxylation sites is 1. The molecule has 0 fully saturated rings. The van der Waals surface area contributed by atoms with E-state index in [1.54, 1.807) is 26.0 Å². The van der Waals surface area contributed by atoms with E-state index in [1.807, 2.05) is 42.5 Å². The van der Waals surface area contributed by atoms with Gasteiger partial charge in [-0.15, -0.1) is 35.7 Å². The van der Waals surface area contributed by atoms with Gasteiger partial charge in [-0.05, 0) is 42.3 Å². The number of methoxy groups -OCH3 is 2. The smallest absolute Gasteiger partial charge is 0.193 e. The monoisotopic (exact) mass is 487 g/mol. The number of ether oxygens (including phenoxy) is 2. The lowest BCUT2D eigenvalue weighted by atomic mass is 10.2. The fourth-order valence-electron chi connectivity index (χ4n) is 2.14. The second-order valence-corrected chi connectivity index (χ2v) is 6.71. The maximum atomic E-state index is 5.96. The van der Waals surface area contributed by atoms with Crippen LogP contribution < -0.4 is 20.5 Å². The van der Waals surface area contributed by atoms with Gasteiger partial charge in [-0.25, -0.2) is 0 Å². The first-order valence-corrected chi connectivity index (χ1v) is 9.07. The number of thioether (sulfide) groups is 1. The Hall–Kier alpha value is -1.61. The lowest BCUT2D eigenvalue weighted by molar-refractivity contribution is 0.405. The Kier molecular flexibility index (Phi) is 10.3. The minimum atomic E-state index is 0. The summed E-state index contributed by atoms with van der Waals surface area (Å²) in [6, 6.07) is 15.6. The van der Waals surface area contributed by atoms with Gasteiger partial charge in [0.2, 0.25) is 0 Å². The fraction of sp³-hybridized carbons (Fsp3) is 0.316. The zero-order valence-corrected chi connectivity index (χ0v) is 18.4. The van der Waals surface area contributed by atoms with E-state index >= 15 is 0 Å². The summed E-state index contributed by atoms with van der Waals surface area (Å²) in [4.78, 5) is 5.57. The van der Waals surface area contributed by atoms with E-state index in [9.17, 15) is 0 Å². The largest absolute Gasteiger partial charge is 0.497 e. The molecule has 0 aliphatic rings. The summed E-state index contributed by atoms with van der Waals surface area (Å²) in [6.07, 6.45) is 0. The summed E-state index contributed by atoms with van der Waals surface area (Å²) in [7, 11) is 3.33. The summed E-state index contributed by atoms with van der Waals surface area (Å²) in [6.45, 7) is 2.82. The van der Waals surface area contributed by atoms with Crippen molar-refractivity contribution in [1.82, 2.24) is 0 Å². The van der Waals surface area contributed by atoms with Crippen molar-refractivity contribution in [3.8, 4) is 11.5 Å². The number of benzene rings is 2. The SMILES string of the molecule is COc1ccc(NC(N)=NCC(C)CSc2ccccc2OC)cc1.I. The van der Waals surface area contributed by atoms with Crippen molar-refractivity contribution in [3.05, 3.63) is 48.5 Å². The maximum Gasteiger partial charge on any atom is 0.193 e. The van der Waals surface area contributed by atoms with Crippen LogP contribution in [-0.4, -0.2) is 32.5 Å². The molecule has 1 atom stereocenters. The second kappa shape index (κ2) is 11.9. The summed E-state index contributed by atoms with van der Waals surface area (Å²) in [5.41, 5.74) is 6.85. The first-order chi connectivity index (χ1) is 12.1. The number of aliphatic imine (C=N–C) groups is 1. The molecule has 26 heavy (non-hydrogen) atoms. The van der Waals surface area contributed by atoms with Crippen LogP contribution in [0.1, 0.15) is 6.92 Å². The molecule has 0 aromatic heterocycles. The third-order valence-electron chi connectivity index (χ3n) is 3.53. The number of rotatable bonds is 8. The Morgan fingerprint density at radius 2 is 1.81 bits per heavy atom. The third kappa shape index (κ3) is 7.33. The minimum Gasteiger partial charge on any atom is -0.497 e. The molecule has 0 aliphatic carbocycles. The standard InChI is InChI=1S/C19H25N3O2S.HI/c1-14(13-25-18-7-5-4-6-17(18)24-3)12-21-19(20)22-15-8-10-16(23-2)11-9-15;/h4-11,14H,12-13H2,1-3H3,(H3,20,21,22);1H. The van der Waals surface area contributed by atoms with Crippen molar-refractivity contribution in [3.63, 3.8) is 0 Å². The van der Waals surface area contributed by atoms with Crippen LogP contribution in [-0.2, 0) is 0 Å². The molecule has 0 radical (unpaired) electrons. The highest BCUT2D eigenvalue weighted by Crippen LogP contribution is 2.30. The van der Waals surface area contributed by atoms with E-state index < -0.39 is 0 Å². The highest BCUT2D eigenvalue weighted by molar-refractivity contribution is 14.0. The predicted molar refractivity (Wildman–Crippen MR) is 121 cm³/mol. The van der Waals surface area contributed by atoms with E-state index in [0.717, 1.165) is 27.8 Å². The lowest BCUT2D eigenvalue weighted by Crippen LogP contribution is -2.23. The summed E-state index contributed by atoms with van der Waals surface area (Å²) in [5, 5.41) is 3.09. The van der Waals surface area contributed by atoms with Crippen LogP contribution in [0.25, 0.3) is 0 Å². The number of hydrogen-bond acceptors (Lipinski definition) is 4. The molecule has 7 heteroatoms. The van der Waals surface area contributed by atoms with Gasteiger partial charge in [0.1, 0.15) is 11.5 Å². The minimum absolute atomic E-state index is 0. The molecule has 0 spiro atoms. The van der Waals surface area contributed by atoms with Crippen molar-refractivity contribution in [2.45, 2.75) is 11.8 Å². The van der Waals surface area contributed by atoms with Gasteiger partial charge in [0.05, 0.1) is 14.2 Å². The van der Waals surface area contributed by atoms with Crippen LogP contribution in [0.2, 0.25) is 0 Å². The van der Waals surface area contributed by atoms with Gasteiger partial charge in [0, 0.05) is 22.9 Å². The molecule has 2 rings (SSSR count). The number of nitrogens with two attached hydrogens (primary N) is 1. The second-order valence-electron chi connectivity index (χ2n) is 5.65. The highest BCUT2D eigenvalue weighted by Gasteiger charge is 2.07. The van der Waals surface area contributed by atoms with Crippen molar-refractivity contribution in [2.24, 2.45) is 16.6 Å². The van der Waals surface area contributed by atoms with E-state index in [1.165, 1.54) is 0 Å². The number of guanidine groups is 1. The molecule has 0 amide bonds. The average molecular weight is 487 g/mol.